The van der Waals surface area contributed by atoms with Crippen LogP contribution in [0.25, 0.3) is 22.3 Å². The second-order valence-electron chi connectivity index (χ2n) is 10.9. The number of fused-ring (bicyclic) bond motifs is 6. The third kappa shape index (κ3) is 8.32. The van der Waals surface area contributed by atoms with E-state index < -0.39 is 0 Å². The summed E-state index contributed by atoms with van der Waals surface area (Å²) in [5.74, 6) is 4.87. The molecular formula is C42H30Au2N2. The average molecular weight is 957 g/mol. The molecule has 0 atom stereocenters. The fraction of sp³-hybridized carbons (Fsp3) is 0.0952. The van der Waals surface area contributed by atoms with Crippen LogP contribution >= 0.6 is 0 Å². The van der Waals surface area contributed by atoms with E-state index in [9.17, 15) is 0 Å². The molecule has 2 heterocycles. The van der Waals surface area contributed by atoms with Crippen molar-refractivity contribution in [1.29, 1.82) is 0 Å². The van der Waals surface area contributed by atoms with Crippen molar-refractivity contribution in [2.45, 2.75) is 25.7 Å². The largest absolute Gasteiger partial charge is 1.00 e. The van der Waals surface area contributed by atoms with Crippen molar-refractivity contribution < 1.29 is 44.8 Å². The Labute approximate surface area is 303 Å². The number of pyridine rings is 2. The van der Waals surface area contributed by atoms with Crippen LogP contribution in [0.3, 0.4) is 0 Å². The summed E-state index contributed by atoms with van der Waals surface area (Å²) in [6.07, 6.45) is 25.7. The van der Waals surface area contributed by atoms with Crippen LogP contribution in [0, 0.1) is 24.7 Å². The molecular weight excluding hydrogens is 926 g/mol. The standard InChI is InChI=1S/2C15H9.C12H12N2.2Au/c2*1-2-11-7-8-15-13(9-11)10-12-5-3-4-6-14(12)15;1-3-11(9-13-7-1)5-6-12-4-2-8-14-10-12;;/h2*3-9H,10H2;1-4,7-10H,5-6H2;;/q2*-1;;2*+1. The van der Waals surface area contributed by atoms with Crippen molar-refractivity contribution in [3.05, 3.63) is 191 Å². The minimum absolute atomic E-state index is 0. The number of nitrogens with zero attached hydrogens (tertiary/aromatic N) is 2. The van der Waals surface area contributed by atoms with E-state index in [0.29, 0.717) is 0 Å². The maximum Gasteiger partial charge on any atom is 1.00 e. The Morgan fingerprint density at radius 2 is 0.891 bits per heavy atom. The summed E-state index contributed by atoms with van der Waals surface area (Å²) in [5, 5.41) is 0. The molecule has 4 heteroatoms. The first kappa shape index (κ1) is 34.6. The zero-order chi connectivity index (χ0) is 30.1. The number of benzene rings is 4. The Hall–Kier alpha value is -4.22. The number of rotatable bonds is 3. The second-order valence-corrected chi connectivity index (χ2v) is 10.9. The van der Waals surface area contributed by atoms with Gasteiger partial charge in [-0.25, -0.2) is 0 Å². The Balaban J connectivity index is 0.000000153. The molecule has 0 bridgehead atoms. The first-order valence-corrected chi connectivity index (χ1v) is 14.8. The van der Waals surface area contributed by atoms with Crippen LogP contribution in [-0.4, -0.2) is 9.97 Å². The third-order valence-corrected chi connectivity index (χ3v) is 8.02. The minimum Gasteiger partial charge on any atom is -0.366 e. The molecule has 2 aliphatic rings. The van der Waals surface area contributed by atoms with Crippen molar-refractivity contribution in [2.24, 2.45) is 0 Å². The zero-order valence-corrected chi connectivity index (χ0v) is 29.4. The van der Waals surface area contributed by atoms with Crippen LogP contribution < -0.4 is 0 Å². The summed E-state index contributed by atoms with van der Waals surface area (Å²) >= 11 is 0. The van der Waals surface area contributed by atoms with Gasteiger partial charge in [0.25, 0.3) is 0 Å². The van der Waals surface area contributed by atoms with Crippen LogP contribution in [-0.2, 0) is 70.4 Å². The topological polar surface area (TPSA) is 25.8 Å². The van der Waals surface area contributed by atoms with E-state index in [0.717, 1.165) is 36.8 Å². The van der Waals surface area contributed by atoms with Crippen molar-refractivity contribution in [2.75, 3.05) is 0 Å². The van der Waals surface area contributed by atoms with Crippen LogP contribution in [0.4, 0.5) is 0 Å². The van der Waals surface area contributed by atoms with E-state index in [1.54, 1.807) is 12.4 Å². The van der Waals surface area contributed by atoms with E-state index in [1.165, 1.54) is 55.6 Å². The van der Waals surface area contributed by atoms with Gasteiger partial charge in [-0.1, -0.05) is 83.9 Å². The summed E-state index contributed by atoms with van der Waals surface area (Å²) in [7, 11) is 0. The quantitative estimate of drug-likeness (QED) is 0.101. The van der Waals surface area contributed by atoms with Crippen molar-refractivity contribution in [1.82, 2.24) is 9.97 Å². The van der Waals surface area contributed by atoms with Gasteiger partial charge < -0.3 is 12.8 Å². The smallest absolute Gasteiger partial charge is 0.366 e. The van der Waals surface area contributed by atoms with Crippen molar-refractivity contribution in [3.8, 4) is 34.1 Å². The van der Waals surface area contributed by atoms with Crippen LogP contribution in [0.15, 0.2) is 134 Å². The van der Waals surface area contributed by atoms with Crippen LogP contribution in [0.2, 0.25) is 0 Å². The van der Waals surface area contributed by atoms with Gasteiger partial charge in [0.05, 0.1) is 0 Å². The Morgan fingerprint density at radius 3 is 1.28 bits per heavy atom. The van der Waals surface area contributed by atoms with E-state index in [1.807, 2.05) is 36.7 Å². The van der Waals surface area contributed by atoms with Crippen molar-refractivity contribution in [3.63, 3.8) is 0 Å². The molecule has 0 fully saturated rings. The molecule has 8 rings (SSSR count). The molecule has 0 radical (unpaired) electrons. The first-order valence-electron chi connectivity index (χ1n) is 14.8. The maximum absolute atomic E-state index is 7.12. The molecule has 0 amide bonds. The summed E-state index contributed by atoms with van der Waals surface area (Å²) in [4.78, 5) is 8.16. The molecule has 0 saturated carbocycles. The summed E-state index contributed by atoms with van der Waals surface area (Å²) in [6, 6.07) is 37.3. The number of hydrogen-bond donors (Lipinski definition) is 0. The predicted octanol–water partition coefficient (Wildman–Crippen LogP) is 8.65. The molecule has 46 heavy (non-hydrogen) atoms. The summed E-state index contributed by atoms with van der Waals surface area (Å²) < 4.78 is 0. The van der Waals surface area contributed by atoms with Gasteiger partial charge in [0.2, 0.25) is 0 Å². The fourth-order valence-corrected chi connectivity index (χ4v) is 5.83. The Kier molecular flexibility index (Phi) is 12.7. The molecule has 2 aliphatic carbocycles. The van der Waals surface area contributed by atoms with Gasteiger partial charge in [0.15, 0.2) is 0 Å². The van der Waals surface area contributed by atoms with Gasteiger partial charge in [0, 0.05) is 24.8 Å². The summed E-state index contributed by atoms with van der Waals surface area (Å²) in [5.41, 5.74) is 15.0. The maximum atomic E-state index is 7.12. The number of aromatic nitrogens is 2. The second kappa shape index (κ2) is 16.9. The normalized spacial score (nSPS) is 10.7. The van der Waals surface area contributed by atoms with Gasteiger partial charge in [0.1, 0.15) is 0 Å². The molecule has 4 aromatic carbocycles. The monoisotopic (exact) mass is 956 g/mol. The molecule has 0 spiro atoms. The Bertz CT molecular complexity index is 1840. The molecule has 2 aromatic heterocycles. The number of hydrogen-bond acceptors (Lipinski definition) is 2. The minimum atomic E-state index is 0. The van der Waals surface area contributed by atoms with Crippen LogP contribution in [0.1, 0.15) is 44.5 Å². The molecule has 0 saturated heterocycles. The van der Waals surface area contributed by atoms with Gasteiger partial charge in [-0.3, -0.25) is 21.8 Å². The van der Waals surface area contributed by atoms with Gasteiger partial charge in [-0.2, -0.15) is 0 Å². The average Bonchev–Trinajstić information content (AvgIpc) is 3.66. The molecule has 6 aromatic rings. The summed E-state index contributed by atoms with van der Waals surface area (Å²) in [6.45, 7) is 0. The van der Waals surface area contributed by atoms with E-state index in [-0.39, 0.29) is 44.8 Å². The SMILES string of the molecule is [Au+].[Au+].[C-]#Cc1ccc2c(c1)Cc1ccccc1-2.[C-]#Cc1ccc2c(c1)Cc1ccccc1-2.c1cncc(CCc2cccnc2)c1. The predicted molar refractivity (Wildman–Crippen MR) is 178 cm³/mol. The van der Waals surface area contributed by atoms with Crippen LogP contribution in [0.5, 0.6) is 0 Å². The molecule has 0 aliphatic heterocycles. The van der Waals surface area contributed by atoms with E-state index in [4.69, 9.17) is 12.8 Å². The molecule has 2 nitrogen and oxygen atoms in total. The zero-order valence-electron chi connectivity index (χ0n) is 25.0. The van der Waals surface area contributed by atoms with E-state index in [2.05, 4.69) is 107 Å². The molecule has 230 valence electrons. The van der Waals surface area contributed by atoms with Crippen molar-refractivity contribution >= 4 is 0 Å². The van der Waals surface area contributed by atoms with Gasteiger partial charge >= 0.3 is 44.8 Å². The number of aryl methyl sites for hydroxylation is 2. The van der Waals surface area contributed by atoms with E-state index >= 15 is 0 Å². The third-order valence-electron chi connectivity index (χ3n) is 8.02. The molecule has 0 unspecified atom stereocenters. The van der Waals surface area contributed by atoms with Gasteiger partial charge in [-0.05, 0) is 82.3 Å². The Morgan fingerprint density at radius 1 is 0.478 bits per heavy atom. The first-order chi connectivity index (χ1) is 21.7. The van der Waals surface area contributed by atoms with Gasteiger partial charge in [-0.15, -0.1) is 35.4 Å². The molecule has 0 N–H and O–H groups in total. The fourth-order valence-electron chi connectivity index (χ4n) is 5.83.